The number of nitrogens with one attached hydrogen (secondary N) is 2. The van der Waals surface area contributed by atoms with Crippen molar-refractivity contribution in [3.05, 3.63) is 18.2 Å². The van der Waals surface area contributed by atoms with Crippen molar-refractivity contribution in [1.29, 1.82) is 0 Å². The van der Waals surface area contributed by atoms with Gasteiger partial charge in [0.2, 0.25) is 0 Å². The molecule has 15 heavy (non-hydrogen) atoms. The summed E-state index contributed by atoms with van der Waals surface area (Å²) in [5, 5.41) is 3.30. The number of hydrogen-bond donors (Lipinski definition) is 2. The van der Waals surface area contributed by atoms with Gasteiger partial charge in [-0.05, 0) is 27.7 Å². The van der Waals surface area contributed by atoms with E-state index in [1.165, 1.54) is 0 Å². The molecular formula is C11H19N3O. The van der Waals surface area contributed by atoms with Crippen LogP contribution in [-0.4, -0.2) is 27.3 Å². The van der Waals surface area contributed by atoms with Crippen LogP contribution in [0.25, 0.3) is 0 Å². The van der Waals surface area contributed by atoms with Crippen LogP contribution < -0.4 is 5.32 Å². The maximum absolute atomic E-state index is 11.5. The molecule has 1 aromatic heterocycles. The van der Waals surface area contributed by atoms with Crippen LogP contribution in [0.4, 0.5) is 0 Å². The maximum atomic E-state index is 11.5. The zero-order valence-corrected chi connectivity index (χ0v) is 9.79. The second-order valence-corrected chi connectivity index (χ2v) is 4.84. The van der Waals surface area contributed by atoms with Gasteiger partial charge in [-0.25, -0.2) is 4.98 Å². The Kier molecular flexibility index (Phi) is 3.63. The van der Waals surface area contributed by atoms with Crippen molar-refractivity contribution < 1.29 is 4.79 Å². The number of hydrogen-bond acceptors (Lipinski definition) is 3. The summed E-state index contributed by atoms with van der Waals surface area (Å²) in [4.78, 5) is 18.4. The third-order valence-electron chi connectivity index (χ3n) is 2.08. The normalized spacial score (nSPS) is 13.9. The number of aromatic nitrogens is 2. The number of carbonyl (C=O) groups is 1. The molecule has 0 saturated heterocycles. The lowest BCUT2D eigenvalue weighted by molar-refractivity contribution is -0.119. The Balaban J connectivity index is 2.63. The van der Waals surface area contributed by atoms with Crippen LogP contribution in [0, 0.1) is 0 Å². The minimum absolute atomic E-state index is 0.0592. The Labute approximate surface area is 90.5 Å². The first kappa shape index (κ1) is 11.9. The fraction of sp³-hybridized carbons (Fsp3) is 0.636. The standard InChI is InChI=1S/C11H19N3O/c1-8(15)10(14-11(2,3)4)5-9-6-12-7-13-9/h6-7,10,14H,5H2,1-4H3,(H,12,13)/t10-/m0/s1. The third kappa shape index (κ3) is 4.25. The molecule has 0 aliphatic carbocycles. The Morgan fingerprint density at radius 1 is 1.60 bits per heavy atom. The van der Waals surface area contributed by atoms with E-state index in [0.29, 0.717) is 6.42 Å². The summed E-state index contributed by atoms with van der Waals surface area (Å²) in [5.41, 5.74) is 0.919. The molecule has 0 amide bonds. The average molecular weight is 209 g/mol. The molecule has 4 heteroatoms. The summed E-state index contributed by atoms with van der Waals surface area (Å²) in [6.07, 6.45) is 4.04. The number of H-pyrrole nitrogens is 1. The van der Waals surface area contributed by atoms with Gasteiger partial charge >= 0.3 is 0 Å². The molecule has 1 heterocycles. The van der Waals surface area contributed by atoms with Crippen molar-refractivity contribution in [2.24, 2.45) is 0 Å². The number of imidazole rings is 1. The smallest absolute Gasteiger partial charge is 0.147 e. The van der Waals surface area contributed by atoms with Gasteiger partial charge in [-0.1, -0.05) is 0 Å². The largest absolute Gasteiger partial charge is 0.348 e. The summed E-state index contributed by atoms with van der Waals surface area (Å²) >= 11 is 0. The summed E-state index contributed by atoms with van der Waals surface area (Å²) in [5.74, 6) is 0.152. The zero-order chi connectivity index (χ0) is 11.5. The molecule has 0 radical (unpaired) electrons. The van der Waals surface area contributed by atoms with E-state index in [1.807, 2.05) is 0 Å². The molecule has 0 spiro atoms. The van der Waals surface area contributed by atoms with Gasteiger partial charge in [-0.15, -0.1) is 0 Å². The highest BCUT2D eigenvalue weighted by Crippen LogP contribution is 2.06. The van der Waals surface area contributed by atoms with E-state index in [-0.39, 0.29) is 17.4 Å². The lowest BCUT2D eigenvalue weighted by atomic mass is 10.0. The number of nitrogens with zero attached hydrogens (tertiary/aromatic N) is 1. The molecule has 0 aromatic carbocycles. The van der Waals surface area contributed by atoms with Crippen LogP contribution in [0.5, 0.6) is 0 Å². The SMILES string of the molecule is CC(=O)[C@H](Cc1cnc[nH]1)NC(C)(C)C. The summed E-state index contributed by atoms with van der Waals surface area (Å²) in [7, 11) is 0. The average Bonchev–Trinajstić information content (AvgIpc) is 2.52. The van der Waals surface area contributed by atoms with E-state index in [9.17, 15) is 4.79 Å². The topological polar surface area (TPSA) is 57.8 Å². The molecule has 0 unspecified atom stereocenters. The van der Waals surface area contributed by atoms with Crippen molar-refractivity contribution >= 4 is 5.78 Å². The number of aromatic amines is 1. The number of Topliss-reactive ketones (excluding diaryl/α,β-unsaturated/α-hetero) is 1. The molecule has 2 N–H and O–H groups in total. The third-order valence-corrected chi connectivity index (χ3v) is 2.08. The number of ketones is 1. The highest BCUT2D eigenvalue weighted by Gasteiger charge is 2.21. The lowest BCUT2D eigenvalue weighted by Gasteiger charge is -2.26. The van der Waals surface area contributed by atoms with Gasteiger partial charge in [0.05, 0.1) is 12.4 Å². The summed E-state index contributed by atoms with van der Waals surface area (Å²) in [6.45, 7) is 7.77. The van der Waals surface area contributed by atoms with E-state index < -0.39 is 0 Å². The molecule has 0 aliphatic heterocycles. The molecular weight excluding hydrogens is 190 g/mol. The molecule has 1 atom stereocenters. The predicted molar refractivity (Wildman–Crippen MR) is 59.6 cm³/mol. The Morgan fingerprint density at radius 3 is 2.67 bits per heavy atom. The molecule has 0 bridgehead atoms. The van der Waals surface area contributed by atoms with Crippen molar-refractivity contribution in [2.45, 2.75) is 45.7 Å². The van der Waals surface area contributed by atoms with Crippen LogP contribution in [0.3, 0.4) is 0 Å². The molecule has 1 aromatic rings. The van der Waals surface area contributed by atoms with Crippen LogP contribution >= 0.6 is 0 Å². The van der Waals surface area contributed by atoms with E-state index in [2.05, 4.69) is 36.1 Å². The van der Waals surface area contributed by atoms with Gasteiger partial charge in [-0.3, -0.25) is 4.79 Å². The molecule has 4 nitrogen and oxygen atoms in total. The first-order chi connectivity index (χ1) is 6.88. The van der Waals surface area contributed by atoms with Gasteiger partial charge in [0.1, 0.15) is 5.78 Å². The van der Waals surface area contributed by atoms with Crippen LogP contribution in [0.2, 0.25) is 0 Å². The summed E-state index contributed by atoms with van der Waals surface area (Å²) < 4.78 is 0. The minimum atomic E-state index is -0.148. The van der Waals surface area contributed by atoms with E-state index >= 15 is 0 Å². The Bertz CT molecular complexity index is 311. The van der Waals surface area contributed by atoms with Crippen molar-refractivity contribution in [2.75, 3.05) is 0 Å². The second-order valence-electron chi connectivity index (χ2n) is 4.84. The van der Waals surface area contributed by atoms with E-state index in [0.717, 1.165) is 5.69 Å². The first-order valence-electron chi connectivity index (χ1n) is 5.14. The number of rotatable bonds is 4. The van der Waals surface area contributed by atoms with Gasteiger partial charge in [0.25, 0.3) is 0 Å². The molecule has 1 rings (SSSR count). The predicted octanol–water partition coefficient (Wildman–Crippen LogP) is 1.30. The maximum Gasteiger partial charge on any atom is 0.147 e. The first-order valence-corrected chi connectivity index (χ1v) is 5.14. The Hall–Kier alpha value is -1.16. The molecule has 84 valence electrons. The Morgan fingerprint density at radius 2 is 2.27 bits per heavy atom. The molecule has 0 aliphatic rings. The van der Waals surface area contributed by atoms with Crippen molar-refractivity contribution in [3.63, 3.8) is 0 Å². The van der Waals surface area contributed by atoms with Gasteiger partial charge in [0.15, 0.2) is 0 Å². The molecule has 0 fully saturated rings. The van der Waals surface area contributed by atoms with Gasteiger partial charge in [-0.2, -0.15) is 0 Å². The monoisotopic (exact) mass is 209 g/mol. The number of carbonyl (C=O) groups excluding carboxylic acids is 1. The molecule has 0 saturated carbocycles. The van der Waals surface area contributed by atoms with Gasteiger partial charge < -0.3 is 10.3 Å². The quantitative estimate of drug-likeness (QED) is 0.785. The van der Waals surface area contributed by atoms with Crippen molar-refractivity contribution in [3.8, 4) is 0 Å². The van der Waals surface area contributed by atoms with E-state index in [4.69, 9.17) is 0 Å². The second kappa shape index (κ2) is 4.57. The van der Waals surface area contributed by atoms with Crippen molar-refractivity contribution in [1.82, 2.24) is 15.3 Å². The van der Waals surface area contributed by atoms with Gasteiger partial charge in [0, 0.05) is 23.9 Å². The fourth-order valence-corrected chi connectivity index (χ4v) is 1.44. The van der Waals surface area contributed by atoms with Crippen LogP contribution in [0.1, 0.15) is 33.4 Å². The highest BCUT2D eigenvalue weighted by molar-refractivity contribution is 5.81. The fourth-order valence-electron chi connectivity index (χ4n) is 1.44. The van der Waals surface area contributed by atoms with Crippen LogP contribution in [-0.2, 0) is 11.2 Å². The highest BCUT2D eigenvalue weighted by atomic mass is 16.1. The zero-order valence-electron chi connectivity index (χ0n) is 9.79. The van der Waals surface area contributed by atoms with E-state index in [1.54, 1.807) is 19.4 Å². The lowest BCUT2D eigenvalue weighted by Crippen LogP contribution is -2.48. The minimum Gasteiger partial charge on any atom is -0.348 e. The van der Waals surface area contributed by atoms with Crippen LogP contribution in [0.15, 0.2) is 12.5 Å². The summed E-state index contributed by atoms with van der Waals surface area (Å²) in [6, 6.07) is -0.148.